The average molecular weight is 1020 g/mol. The lowest BCUT2D eigenvalue weighted by Crippen LogP contribution is -2.50. The van der Waals surface area contributed by atoms with Crippen molar-refractivity contribution in [1.29, 1.82) is 0 Å². The van der Waals surface area contributed by atoms with E-state index >= 15 is 0 Å². The highest BCUT2D eigenvalue weighted by molar-refractivity contribution is 6.12. The van der Waals surface area contributed by atoms with Crippen molar-refractivity contribution in [1.82, 2.24) is 29.8 Å². The number of imide groups is 6. The lowest BCUT2D eigenvalue weighted by molar-refractivity contribution is -0.148. The van der Waals surface area contributed by atoms with Crippen LogP contribution in [0.5, 0.6) is 0 Å². The van der Waals surface area contributed by atoms with Gasteiger partial charge in [0, 0.05) is 30.2 Å². The molecule has 12 amide bonds. The van der Waals surface area contributed by atoms with Gasteiger partial charge < -0.3 is 4.74 Å². The summed E-state index contributed by atoms with van der Waals surface area (Å²) < 4.78 is 6.57. The minimum absolute atomic E-state index is 0.0627. The second-order valence-corrected chi connectivity index (χ2v) is 25.2. The number of ether oxygens (including phenoxy) is 1. The van der Waals surface area contributed by atoms with Crippen LogP contribution in [-0.2, 0) is 62.3 Å². The van der Waals surface area contributed by atoms with Crippen molar-refractivity contribution in [3.63, 3.8) is 0 Å². The van der Waals surface area contributed by atoms with Crippen LogP contribution in [0.2, 0.25) is 0 Å². The molecule has 6 heterocycles. The van der Waals surface area contributed by atoms with Crippen LogP contribution < -0.4 is 5.32 Å². The molecule has 7 aliphatic carbocycles. The largest absolute Gasteiger partial charge is 0.375 e. The van der Waals surface area contributed by atoms with E-state index in [9.17, 15) is 57.5 Å². The zero-order chi connectivity index (χ0) is 51.3. The Morgan fingerprint density at radius 1 is 0.297 bits per heavy atom. The lowest BCUT2D eigenvalue weighted by Gasteiger charge is -2.38. The first-order valence-electron chi connectivity index (χ1n) is 28.4. The number of likely N-dealkylation sites (tertiary alicyclic amines) is 5. The number of rotatable bonds is 7. The van der Waals surface area contributed by atoms with E-state index < -0.39 is 83.1 Å². The Bertz CT molecular complexity index is 2420. The average Bonchev–Trinajstić information content (AvgIpc) is 4.15. The van der Waals surface area contributed by atoms with Crippen molar-refractivity contribution < 1.29 is 62.3 Å². The third-order valence-corrected chi connectivity index (χ3v) is 21.5. The fourth-order valence-corrected chi connectivity index (χ4v) is 17.6. The molecule has 19 nitrogen and oxygen atoms in total. The molecule has 0 aromatic heterocycles. The number of carbonyl (C=O) groups excluding carboxylic acids is 12. The van der Waals surface area contributed by atoms with E-state index in [1.165, 1.54) is 24.5 Å². The summed E-state index contributed by atoms with van der Waals surface area (Å²) in [6, 6.07) is -1.76. The first-order chi connectivity index (χ1) is 35.6. The van der Waals surface area contributed by atoms with Crippen LogP contribution in [-0.4, -0.2) is 138 Å². The van der Waals surface area contributed by atoms with Gasteiger partial charge in [0.15, 0.2) is 0 Å². The summed E-state index contributed by atoms with van der Waals surface area (Å²) in [5.74, 6) is -10.6. The molecule has 0 aromatic carbocycles. The van der Waals surface area contributed by atoms with Gasteiger partial charge >= 0.3 is 0 Å². The Balaban J connectivity index is 0.590. The first kappa shape index (κ1) is 48.4. The highest BCUT2D eigenvalue weighted by Crippen LogP contribution is 2.53. The molecule has 13 aliphatic rings. The standard InChI is InChI=1S/C55H68N6O13/c1-24-5-7-25(8-6-24)57-48(66)36-20-40-41(21-37(36)49(57)67)53(71)60(52(40)70)28-3-2-4-29(17-28)61-54(72)42-22-38-39(23-43(42)55(61)73)51(69)59(50(38)68)27-11-15-31(16-12-27)74-30-13-9-26(10-14-30)58-46(64)34-18-32-33(19-35(34)47(58)65)45(63)56-44(32)62/h24-43H,2-23H2,1H3,(H,56,62,63). The Labute approximate surface area is 429 Å². The molecular weight excluding hydrogens is 953 g/mol. The molecule has 14 atom stereocenters. The van der Waals surface area contributed by atoms with E-state index in [0.717, 1.165) is 25.7 Å². The third-order valence-electron chi connectivity index (χ3n) is 21.5. The summed E-state index contributed by atoms with van der Waals surface area (Å²) in [6.45, 7) is 2.18. The fourth-order valence-electron chi connectivity index (χ4n) is 17.6. The van der Waals surface area contributed by atoms with E-state index in [-0.39, 0.29) is 146 Å². The van der Waals surface area contributed by atoms with Crippen molar-refractivity contribution in [3.05, 3.63) is 0 Å². The number of nitrogens with one attached hydrogen (secondary N) is 1. The molecule has 396 valence electrons. The molecule has 6 aliphatic heterocycles. The normalized spacial score (nSPS) is 45.3. The fraction of sp³-hybridized carbons (Fsp3) is 0.782. The molecule has 13 rings (SSSR count). The Hall–Kier alpha value is -5.20. The van der Waals surface area contributed by atoms with Crippen molar-refractivity contribution in [3.8, 4) is 0 Å². The summed E-state index contributed by atoms with van der Waals surface area (Å²) in [5.41, 5.74) is 0. The molecule has 14 unspecified atom stereocenters. The van der Waals surface area contributed by atoms with Crippen LogP contribution in [0.4, 0.5) is 0 Å². The number of hydrogen-bond donors (Lipinski definition) is 1. The molecule has 19 heteroatoms. The van der Waals surface area contributed by atoms with E-state index in [4.69, 9.17) is 4.74 Å². The summed E-state index contributed by atoms with van der Waals surface area (Å²) >= 11 is 0. The lowest BCUT2D eigenvalue weighted by atomic mass is 9.70. The Morgan fingerprint density at radius 2 is 0.541 bits per heavy atom. The quantitative estimate of drug-likeness (QED) is 0.362. The van der Waals surface area contributed by atoms with E-state index in [1.54, 1.807) is 0 Å². The van der Waals surface area contributed by atoms with Gasteiger partial charge in [0.1, 0.15) is 0 Å². The zero-order valence-corrected chi connectivity index (χ0v) is 42.1. The van der Waals surface area contributed by atoms with Crippen molar-refractivity contribution in [2.45, 2.75) is 191 Å². The molecule has 7 saturated carbocycles. The highest BCUT2D eigenvalue weighted by atomic mass is 16.5. The van der Waals surface area contributed by atoms with Gasteiger partial charge in [0.2, 0.25) is 70.9 Å². The van der Waals surface area contributed by atoms with E-state index in [2.05, 4.69) is 12.2 Å². The third kappa shape index (κ3) is 7.32. The molecule has 74 heavy (non-hydrogen) atoms. The van der Waals surface area contributed by atoms with Crippen LogP contribution in [0, 0.1) is 76.9 Å². The SMILES string of the molecule is CC1CCC(N2C(=O)C3CC4C(=O)N(C5CCCC(N6C(=O)C7CC8C(=O)N(C9CCC(OC%10CCC(N%11C(=O)C%12CC%13C(=O)NC(=O)C%13CC%12C%11=O)CC%10)CC9)C(=O)C8CC7C6=O)C5)C(=O)C4CC3C2=O)CC1. The molecule has 1 N–H and O–H groups in total. The maximum atomic E-state index is 14.3. The van der Waals surface area contributed by atoms with Gasteiger partial charge in [0.25, 0.3) is 0 Å². The van der Waals surface area contributed by atoms with Crippen molar-refractivity contribution in [2.24, 2.45) is 76.9 Å². The topological polar surface area (TPSA) is 242 Å². The molecule has 6 saturated heterocycles. The van der Waals surface area contributed by atoms with Gasteiger partial charge in [-0.1, -0.05) is 6.92 Å². The van der Waals surface area contributed by atoms with Crippen LogP contribution in [0.25, 0.3) is 0 Å². The number of amides is 12. The van der Waals surface area contributed by atoms with E-state index in [1.807, 2.05) is 0 Å². The van der Waals surface area contributed by atoms with Crippen molar-refractivity contribution in [2.75, 3.05) is 0 Å². The van der Waals surface area contributed by atoms with Crippen molar-refractivity contribution >= 4 is 70.9 Å². The van der Waals surface area contributed by atoms with Crippen LogP contribution in [0.15, 0.2) is 0 Å². The van der Waals surface area contributed by atoms with Crippen LogP contribution >= 0.6 is 0 Å². The molecule has 0 bridgehead atoms. The van der Waals surface area contributed by atoms with Gasteiger partial charge in [-0.2, -0.15) is 0 Å². The molecule has 0 aromatic rings. The molecular formula is C55H68N6O13. The minimum atomic E-state index is -0.733. The monoisotopic (exact) mass is 1020 g/mol. The minimum Gasteiger partial charge on any atom is -0.375 e. The molecule has 0 spiro atoms. The number of nitrogens with zero attached hydrogens (tertiary/aromatic N) is 5. The number of fused-ring (bicyclic) bond motifs is 6. The summed E-state index contributed by atoms with van der Waals surface area (Å²) in [7, 11) is 0. The first-order valence-corrected chi connectivity index (χ1v) is 28.4. The summed E-state index contributed by atoms with van der Waals surface area (Å²) in [6.07, 6.45) is 11.2. The summed E-state index contributed by atoms with van der Waals surface area (Å²) in [4.78, 5) is 172. The van der Waals surface area contributed by atoms with Gasteiger partial charge in [-0.05, 0) is 147 Å². The van der Waals surface area contributed by atoms with Gasteiger partial charge in [-0.3, -0.25) is 87.4 Å². The van der Waals surface area contributed by atoms with Gasteiger partial charge in [0.05, 0.1) is 83.2 Å². The highest BCUT2D eigenvalue weighted by Gasteiger charge is 2.65. The predicted molar refractivity (Wildman–Crippen MR) is 253 cm³/mol. The number of hydrogen-bond acceptors (Lipinski definition) is 13. The zero-order valence-electron chi connectivity index (χ0n) is 42.1. The maximum absolute atomic E-state index is 14.3. The smallest absolute Gasteiger partial charge is 0.233 e. The second kappa shape index (κ2) is 18.0. The Kier molecular flexibility index (Phi) is 11.8. The van der Waals surface area contributed by atoms with E-state index in [0.29, 0.717) is 76.5 Å². The maximum Gasteiger partial charge on any atom is 0.233 e. The van der Waals surface area contributed by atoms with Gasteiger partial charge in [-0.25, -0.2) is 0 Å². The predicted octanol–water partition coefficient (Wildman–Crippen LogP) is 2.79. The number of carbonyl (C=O) groups is 12. The summed E-state index contributed by atoms with van der Waals surface area (Å²) in [5, 5.41) is 2.36. The van der Waals surface area contributed by atoms with Gasteiger partial charge in [-0.15, -0.1) is 0 Å². The molecule has 13 fully saturated rings. The molecule has 0 radical (unpaired) electrons. The second-order valence-electron chi connectivity index (χ2n) is 25.2. The Morgan fingerprint density at radius 3 is 0.824 bits per heavy atom. The van der Waals surface area contributed by atoms with Crippen LogP contribution in [0.1, 0.15) is 148 Å². The van der Waals surface area contributed by atoms with Crippen LogP contribution in [0.3, 0.4) is 0 Å².